The molecule has 1 amide bonds. The number of nitrogens with one attached hydrogen (secondary N) is 1. The number of carbonyl (C=O) groups is 1. The SMILES string of the molecule is Cc1cc(C2CCC2)oc(=O)c1C(=O)Nc1ccn(C)n1. The minimum Gasteiger partial charge on any atom is -0.427 e. The number of aryl methyl sites for hydroxylation is 2. The van der Waals surface area contributed by atoms with Crippen LogP contribution in [-0.4, -0.2) is 15.7 Å². The van der Waals surface area contributed by atoms with Crippen LogP contribution >= 0.6 is 0 Å². The van der Waals surface area contributed by atoms with Gasteiger partial charge in [-0.25, -0.2) is 4.79 Å². The van der Waals surface area contributed by atoms with Crippen molar-refractivity contribution in [1.29, 1.82) is 0 Å². The van der Waals surface area contributed by atoms with Crippen LogP contribution in [-0.2, 0) is 7.05 Å². The Bertz CT molecular complexity index is 741. The van der Waals surface area contributed by atoms with Gasteiger partial charge < -0.3 is 9.73 Å². The van der Waals surface area contributed by atoms with Crippen LogP contribution < -0.4 is 10.9 Å². The molecule has 0 atom stereocenters. The second kappa shape index (κ2) is 5.20. The maximum absolute atomic E-state index is 12.2. The minimum atomic E-state index is -0.578. The van der Waals surface area contributed by atoms with E-state index in [1.807, 2.05) is 0 Å². The maximum Gasteiger partial charge on any atom is 0.349 e. The fraction of sp³-hybridized carbons (Fsp3) is 0.400. The van der Waals surface area contributed by atoms with E-state index in [-0.39, 0.29) is 5.56 Å². The Morgan fingerprint density at radius 1 is 1.48 bits per heavy atom. The lowest BCUT2D eigenvalue weighted by Crippen LogP contribution is -2.24. The molecular weight excluding hydrogens is 270 g/mol. The van der Waals surface area contributed by atoms with E-state index in [1.54, 1.807) is 37.0 Å². The summed E-state index contributed by atoms with van der Waals surface area (Å²) < 4.78 is 6.89. The van der Waals surface area contributed by atoms with Gasteiger partial charge in [-0.05, 0) is 31.4 Å². The molecule has 1 aliphatic carbocycles. The first-order chi connectivity index (χ1) is 10.0. The second-order valence-electron chi connectivity index (χ2n) is 5.45. The zero-order valence-corrected chi connectivity index (χ0v) is 12.0. The molecule has 1 saturated carbocycles. The number of hydrogen-bond donors (Lipinski definition) is 1. The van der Waals surface area contributed by atoms with Crippen molar-refractivity contribution in [2.24, 2.45) is 7.05 Å². The van der Waals surface area contributed by atoms with Crippen LogP contribution in [0.4, 0.5) is 5.82 Å². The average molecular weight is 287 g/mol. The van der Waals surface area contributed by atoms with Crippen molar-refractivity contribution in [3.05, 3.63) is 45.6 Å². The molecule has 0 bridgehead atoms. The topological polar surface area (TPSA) is 77.1 Å². The highest BCUT2D eigenvalue weighted by atomic mass is 16.4. The molecule has 2 aromatic rings. The molecule has 2 aromatic heterocycles. The highest BCUT2D eigenvalue weighted by molar-refractivity contribution is 6.04. The second-order valence-corrected chi connectivity index (χ2v) is 5.45. The smallest absolute Gasteiger partial charge is 0.349 e. The summed E-state index contributed by atoms with van der Waals surface area (Å²) in [6.07, 6.45) is 4.96. The summed E-state index contributed by atoms with van der Waals surface area (Å²) in [5.74, 6) is 0.937. The van der Waals surface area contributed by atoms with E-state index in [0.717, 1.165) is 19.3 Å². The summed E-state index contributed by atoms with van der Waals surface area (Å²) in [5.41, 5.74) is 0.107. The lowest BCUT2D eigenvalue weighted by Gasteiger charge is -2.24. The molecule has 0 radical (unpaired) electrons. The Hall–Kier alpha value is -2.37. The summed E-state index contributed by atoms with van der Waals surface area (Å²) in [5, 5.41) is 6.66. The molecule has 1 N–H and O–H groups in total. The van der Waals surface area contributed by atoms with Gasteiger partial charge in [-0.15, -0.1) is 0 Å². The average Bonchev–Trinajstić information content (AvgIpc) is 2.71. The third-order valence-electron chi connectivity index (χ3n) is 3.86. The molecule has 0 aliphatic heterocycles. The van der Waals surface area contributed by atoms with Crippen LogP contribution in [0.3, 0.4) is 0 Å². The monoisotopic (exact) mass is 287 g/mol. The van der Waals surface area contributed by atoms with Gasteiger partial charge in [-0.2, -0.15) is 5.10 Å². The lowest BCUT2D eigenvalue weighted by molar-refractivity contribution is 0.102. The zero-order valence-electron chi connectivity index (χ0n) is 12.0. The molecular formula is C15H17N3O3. The molecule has 0 spiro atoms. The molecule has 6 nitrogen and oxygen atoms in total. The number of rotatable bonds is 3. The predicted molar refractivity (Wildman–Crippen MR) is 77.5 cm³/mol. The van der Waals surface area contributed by atoms with Crippen molar-refractivity contribution >= 4 is 11.7 Å². The molecule has 1 aliphatic rings. The lowest BCUT2D eigenvalue weighted by atomic mass is 9.83. The van der Waals surface area contributed by atoms with Crippen molar-refractivity contribution < 1.29 is 9.21 Å². The van der Waals surface area contributed by atoms with Gasteiger partial charge in [-0.3, -0.25) is 9.48 Å². The number of anilines is 1. The van der Waals surface area contributed by atoms with Crippen LogP contribution in [0.5, 0.6) is 0 Å². The van der Waals surface area contributed by atoms with Gasteiger partial charge in [0.15, 0.2) is 5.82 Å². The first-order valence-corrected chi connectivity index (χ1v) is 7.00. The van der Waals surface area contributed by atoms with Gasteiger partial charge in [0.2, 0.25) is 0 Å². The van der Waals surface area contributed by atoms with Crippen molar-refractivity contribution in [1.82, 2.24) is 9.78 Å². The third kappa shape index (κ3) is 2.61. The molecule has 0 aromatic carbocycles. The Morgan fingerprint density at radius 3 is 2.76 bits per heavy atom. The standard InChI is InChI=1S/C15H17N3O3/c1-9-8-11(10-4-3-5-10)21-15(20)13(9)14(19)16-12-6-7-18(2)17-12/h6-8,10H,3-5H2,1-2H3,(H,16,17,19). The van der Waals surface area contributed by atoms with E-state index in [0.29, 0.717) is 23.1 Å². The minimum absolute atomic E-state index is 0.0451. The van der Waals surface area contributed by atoms with Crippen molar-refractivity contribution in [2.45, 2.75) is 32.1 Å². The quantitative estimate of drug-likeness (QED) is 0.938. The van der Waals surface area contributed by atoms with Crippen LogP contribution in [0.15, 0.2) is 27.5 Å². The molecule has 3 rings (SSSR count). The van der Waals surface area contributed by atoms with E-state index < -0.39 is 11.5 Å². The van der Waals surface area contributed by atoms with Crippen molar-refractivity contribution in [3.63, 3.8) is 0 Å². The first kappa shape index (κ1) is 13.6. The number of amides is 1. The Morgan fingerprint density at radius 2 is 2.24 bits per heavy atom. The maximum atomic E-state index is 12.2. The summed E-state index contributed by atoms with van der Waals surface area (Å²) in [6.45, 7) is 1.76. The van der Waals surface area contributed by atoms with E-state index in [1.165, 1.54) is 0 Å². The summed E-state index contributed by atoms with van der Waals surface area (Å²) in [4.78, 5) is 24.3. The van der Waals surface area contributed by atoms with E-state index >= 15 is 0 Å². The number of aromatic nitrogens is 2. The molecule has 1 fully saturated rings. The van der Waals surface area contributed by atoms with Crippen LogP contribution in [0, 0.1) is 6.92 Å². The zero-order chi connectivity index (χ0) is 15.0. The van der Waals surface area contributed by atoms with Gasteiger partial charge in [0, 0.05) is 25.2 Å². The Labute approximate surface area is 121 Å². The molecule has 0 unspecified atom stereocenters. The van der Waals surface area contributed by atoms with Gasteiger partial charge in [0.1, 0.15) is 11.3 Å². The van der Waals surface area contributed by atoms with Crippen molar-refractivity contribution in [3.8, 4) is 0 Å². The molecule has 0 saturated heterocycles. The fourth-order valence-corrected chi connectivity index (χ4v) is 2.46. The van der Waals surface area contributed by atoms with E-state index in [2.05, 4.69) is 10.4 Å². The summed E-state index contributed by atoms with van der Waals surface area (Å²) in [7, 11) is 1.75. The van der Waals surface area contributed by atoms with Crippen LogP contribution in [0.25, 0.3) is 0 Å². The normalized spacial score (nSPS) is 14.8. The van der Waals surface area contributed by atoms with Gasteiger partial charge in [0.05, 0.1) is 0 Å². The van der Waals surface area contributed by atoms with E-state index in [9.17, 15) is 9.59 Å². The third-order valence-corrected chi connectivity index (χ3v) is 3.86. The summed E-state index contributed by atoms with van der Waals surface area (Å²) in [6, 6.07) is 3.47. The highest BCUT2D eigenvalue weighted by Crippen LogP contribution is 2.36. The molecule has 6 heteroatoms. The largest absolute Gasteiger partial charge is 0.427 e. The summed E-state index contributed by atoms with van der Waals surface area (Å²) >= 11 is 0. The first-order valence-electron chi connectivity index (χ1n) is 7.00. The van der Waals surface area contributed by atoms with Crippen molar-refractivity contribution in [2.75, 3.05) is 5.32 Å². The van der Waals surface area contributed by atoms with Gasteiger partial charge in [-0.1, -0.05) is 6.42 Å². The Kier molecular flexibility index (Phi) is 3.37. The number of carbonyl (C=O) groups excluding carboxylic acids is 1. The molecule has 110 valence electrons. The van der Waals surface area contributed by atoms with Crippen LogP contribution in [0.1, 0.15) is 46.9 Å². The predicted octanol–water partition coefficient (Wildman–Crippen LogP) is 2.20. The Balaban J connectivity index is 1.87. The molecule has 21 heavy (non-hydrogen) atoms. The number of hydrogen-bond acceptors (Lipinski definition) is 4. The van der Waals surface area contributed by atoms with Gasteiger partial charge >= 0.3 is 5.63 Å². The molecule has 2 heterocycles. The van der Waals surface area contributed by atoms with Crippen LogP contribution in [0.2, 0.25) is 0 Å². The van der Waals surface area contributed by atoms with Gasteiger partial charge in [0.25, 0.3) is 5.91 Å². The highest BCUT2D eigenvalue weighted by Gasteiger charge is 2.25. The number of nitrogens with zero attached hydrogens (tertiary/aromatic N) is 2. The fourth-order valence-electron chi connectivity index (χ4n) is 2.46. The van der Waals surface area contributed by atoms with E-state index in [4.69, 9.17) is 4.42 Å².